The Morgan fingerprint density at radius 2 is 0.778 bits per heavy atom. The van der Waals surface area contributed by atoms with E-state index in [1.807, 2.05) is 0 Å². The fourth-order valence-electron chi connectivity index (χ4n) is 3.06. The third-order valence-corrected chi connectivity index (χ3v) is 4.17. The van der Waals surface area contributed by atoms with Crippen molar-refractivity contribution in [2.45, 2.75) is 0 Å². The third-order valence-electron chi connectivity index (χ3n) is 4.17. The first-order valence-electron chi connectivity index (χ1n) is 8.41. The summed E-state index contributed by atoms with van der Waals surface area (Å²) in [7, 11) is 0. The number of carbonyl (C=O) groups excluding carboxylic acids is 1. The van der Waals surface area contributed by atoms with E-state index in [-0.39, 0.29) is 0 Å². The van der Waals surface area contributed by atoms with Gasteiger partial charge in [0.25, 0.3) is 0 Å². The molecule has 4 aromatic rings. The van der Waals surface area contributed by atoms with Crippen LogP contribution in [0.5, 0.6) is 0 Å². The fourth-order valence-corrected chi connectivity index (χ4v) is 3.06. The van der Waals surface area contributed by atoms with E-state index in [1.165, 1.54) is 0 Å². The van der Waals surface area contributed by atoms with E-state index in [2.05, 4.69) is 92.8 Å². The van der Waals surface area contributed by atoms with Gasteiger partial charge >= 0.3 is 0 Å². The second-order valence-corrected chi connectivity index (χ2v) is 6.16. The Hall–Kier alpha value is -4.02. The zero-order valence-corrected chi connectivity index (χ0v) is 14.3. The van der Waals surface area contributed by atoms with Crippen LogP contribution in [-0.2, 0) is 4.79 Å². The average molecular weight is 355 g/mol. The number of hydrogen-bond donors (Lipinski definition) is 5. The molecule has 1 aliphatic heterocycles. The summed E-state index contributed by atoms with van der Waals surface area (Å²) in [6.45, 7) is 0. The minimum Gasteiger partial charge on any atom is -0.355 e. The van der Waals surface area contributed by atoms with Crippen LogP contribution >= 0.6 is 0 Å². The Morgan fingerprint density at radius 1 is 0.519 bits per heavy atom. The molecule has 0 saturated heterocycles. The second kappa shape index (κ2) is 7.07. The van der Waals surface area contributed by atoms with E-state index in [0.717, 1.165) is 50.3 Å². The number of isocyanates is 1. The summed E-state index contributed by atoms with van der Waals surface area (Å²) >= 11 is 0. The number of H-pyrrole nitrogens is 4. The molecule has 0 spiro atoms. The lowest BCUT2D eigenvalue weighted by atomic mass is 10.3. The minimum absolute atomic E-state index is 0.750. The van der Waals surface area contributed by atoms with Gasteiger partial charge in [0.2, 0.25) is 6.08 Å². The van der Waals surface area contributed by atoms with Crippen molar-refractivity contribution in [2.75, 3.05) is 0 Å². The summed E-state index contributed by atoms with van der Waals surface area (Å²) in [5.74, 6) is 0. The van der Waals surface area contributed by atoms with Crippen LogP contribution < -0.4 is 21.4 Å². The molecule has 6 heteroatoms. The van der Waals surface area contributed by atoms with Crippen LogP contribution in [0.3, 0.4) is 0 Å². The Kier molecular flexibility index (Phi) is 4.31. The molecule has 8 bridgehead atoms. The highest BCUT2D eigenvalue weighted by Gasteiger charge is 1.97. The van der Waals surface area contributed by atoms with Crippen molar-refractivity contribution in [3.8, 4) is 0 Å². The first kappa shape index (κ1) is 16.4. The van der Waals surface area contributed by atoms with Gasteiger partial charge < -0.3 is 19.9 Å². The number of fused-ring (bicyclic) bond motifs is 8. The van der Waals surface area contributed by atoms with E-state index in [1.54, 1.807) is 0 Å². The summed E-state index contributed by atoms with van der Waals surface area (Å²) in [6.07, 6.45) is 9.17. The molecule has 4 aromatic heterocycles. The molecule has 6 nitrogen and oxygen atoms in total. The molecule has 1 aliphatic rings. The smallest absolute Gasteiger partial charge is 0.231 e. The van der Waals surface area contributed by atoms with Crippen LogP contribution in [-0.4, -0.2) is 26.0 Å². The van der Waals surface area contributed by atoms with E-state index < -0.39 is 0 Å². The Bertz CT molecular complexity index is 1160. The summed E-state index contributed by atoms with van der Waals surface area (Å²) in [6, 6.07) is 16.7. The number of aromatic amines is 4. The quantitative estimate of drug-likeness (QED) is 0.203. The summed E-state index contributed by atoms with van der Waals surface area (Å²) in [4.78, 5) is 22.0. The van der Waals surface area contributed by atoms with E-state index in [4.69, 9.17) is 10.2 Å². The monoisotopic (exact) mass is 355 g/mol. The Balaban J connectivity index is 0.000000565. The maximum Gasteiger partial charge on any atom is 0.231 e. The molecule has 0 amide bonds. The van der Waals surface area contributed by atoms with E-state index in [9.17, 15) is 0 Å². The van der Waals surface area contributed by atoms with Crippen molar-refractivity contribution in [3.05, 3.63) is 92.7 Å². The standard InChI is InChI=1S/C20H16N4.CHNO/c1-2-14-10-16-5-6-18(23-16)12-20-8-7-19(24-20)11-17-4-3-15(22-17)9-13(1)21-14;2-1-3/h1-12,21-24H;2H. The van der Waals surface area contributed by atoms with Crippen LogP contribution in [0, 0.1) is 5.41 Å². The summed E-state index contributed by atoms with van der Waals surface area (Å²) in [5, 5.41) is 9.69. The number of rotatable bonds is 0. The molecular formula is C21H17N5O. The fraction of sp³-hybridized carbons (Fsp3) is 0. The molecule has 0 aromatic carbocycles. The lowest BCUT2D eigenvalue weighted by Crippen LogP contribution is -2.10. The molecule has 5 rings (SSSR count). The predicted octanol–water partition coefficient (Wildman–Crippen LogP) is 0.529. The van der Waals surface area contributed by atoms with Crippen LogP contribution in [0.1, 0.15) is 22.8 Å². The van der Waals surface area contributed by atoms with Gasteiger partial charge in [-0.1, -0.05) is 0 Å². The molecule has 0 aliphatic carbocycles. The molecular weight excluding hydrogens is 338 g/mol. The van der Waals surface area contributed by atoms with Gasteiger partial charge in [0.15, 0.2) is 0 Å². The minimum atomic E-state index is 0.750. The third kappa shape index (κ3) is 3.81. The van der Waals surface area contributed by atoms with Crippen LogP contribution in [0.2, 0.25) is 0 Å². The van der Waals surface area contributed by atoms with Crippen molar-refractivity contribution in [1.29, 1.82) is 5.41 Å². The molecule has 5 heterocycles. The van der Waals surface area contributed by atoms with Crippen molar-refractivity contribution in [1.82, 2.24) is 19.9 Å². The van der Waals surface area contributed by atoms with E-state index in [0.29, 0.717) is 0 Å². The Labute approximate surface area is 153 Å². The van der Waals surface area contributed by atoms with Crippen LogP contribution in [0.4, 0.5) is 0 Å². The number of nitrogens with one attached hydrogen (secondary N) is 5. The average Bonchev–Trinajstić information content (AvgIpc) is 3.41. The molecule has 0 atom stereocenters. The lowest BCUT2D eigenvalue weighted by Gasteiger charge is -1.88. The molecule has 0 saturated carbocycles. The van der Waals surface area contributed by atoms with Crippen LogP contribution in [0.15, 0.2) is 48.5 Å². The van der Waals surface area contributed by atoms with Crippen molar-refractivity contribution in [2.24, 2.45) is 0 Å². The molecule has 27 heavy (non-hydrogen) atoms. The first-order valence-corrected chi connectivity index (χ1v) is 8.41. The molecule has 132 valence electrons. The van der Waals surface area contributed by atoms with Gasteiger partial charge in [0, 0.05) is 44.2 Å². The molecule has 0 fully saturated rings. The van der Waals surface area contributed by atoms with Crippen molar-refractivity contribution >= 4 is 30.4 Å². The lowest BCUT2D eigenvalue weighted by molar-refractivity contribution is 0.563. The highest BCUT2D eigenvalue weighted by atomic mass is 16.1. The van der Waals surface area contributed by atoms with Gasteiger partial charge in [-0.3, -0.25) is 0 Å². The zero-order chi connectivity index (χ0) is 18.6. The van der Waals surface area contributed by atoms with Gasteiger partial charge in [-0.05, 0) is 72.8 Å². The van der Waals surface area contributed by atoms with Gasteiger partial charge in [0.05, 0.1) is 0 Å². The summed E-state index contributed by atoms with van der Waals surface area (Å²) in [5.41, 5.74) is 4.29. The largest absolute Gasteiger partial charge is 0.355 e. The topological polar surface area (TPSA) is 104 Å². The summed E-state index contributed by atoms with van der Waals surface area (Å²) < 4.78 is 0. The number of aromatic nitrogens is 4. The van der Waals surface area contributed by atoms with Crippen molar-refractivity contribution < 1.29 is 4.79 Å². The maximum atomic E-state index is 8.35. The zero-order valence-electron chi connectivity index (χ0n) is 14.3. The molecule has 0 unspecified atom stereocenters. The van der Waals surface area contributed by atoms with Gasteiger partial charge in [-0.15, -0.1) is 0 Å². The van der Waals surface area contributed by atoms with Gasteiger partial charge in [-0.2, -0.15) is 0 Å². The highest BCUT2D eigenvalue weighted by Crippen LogP contribution is 2.04. The van der Waals surface area contributed by atoms with E-state index >= 15 is 0 Å². The first-order chi connectivity index (χ1) is 13.2. The van der Waals surface area contributed by atoms with Crippen LogP contribution in [0.25, 0.3) is 24.3 Å². The second-order valence-electron chi connectivity index (χ2n) is 6.16. The number of hydrogen-bond acceptors (Lipinski definition) is 2. The van der Waals surface area contributed by atoms with Gasteiger partial charge in [0.1, 0.15) is 0 Å². The molecule has 0 radical (unpaired) electrons. The predicted molar refractivity (Wildman–Crippen MR) is 104 cm³/mol. The molecule has 5 N–H and O–H groups in total. The Morgan fingerprint density at radius 3 is 1.04 bits per heavy atom. The highest BCUT2D eigenvalue weighted by molar-refractivity contribution is 5.54. The SMILES string of the molecule is C1=c2ccc([nH]2)=Cc2ccc([nH]2)C=c2ccc([nH]2)=Cc2ccc1[nH]2.N=C=O. The maximum absolute atomic E-state index is 8.35. The van der Waals surface area contributed by atoms with Crippen molar-refractivity contribution in [3.63, 3.8) is 0 Å². The van der Waals surface area contributed by atoms with Gasteiger partial charge in [-0.25, -0.2) is 10.2 Å². The normalized spacial score (nSPS) is 11.6.